The molecule has 0 aliphatic heterocycles. The van der Waals surface area contributed by atoms with E-state index in [1.165, 1.54) is 25.3 Å². The van der Waals surface area contributed by atoms with Gasteiger partial charge < -0.3 is 4.74 Å². The molecule has 2 rings (SSSR count). The second kappa shape index (κ2) is 4.65. The fraction of sp³-hybridized carbons (Fsp3) is 0.538. The molecule has 1 saturated carbocycles. The van der Waals surface area contributed by atoms with E-state index >= 15 is 0 Å². The van der Waals surface area contributed by atoms with Gasteiger partial charge in [-0.15, -0.1) is 0 Å². The van der Waals surface area contributed by atoms with Gasteiger partial charge in [0.25, 0.3) is 0 Å². The van der Waals surface area contributed by atoms with Gasteiger partial charge in [0.1, 0.15) is 11.6 Å². The molecule has 0 aromatic heterocycles. The zero-order valence-corrected chi connectivity index (χ0v) is 9.13. The minimum atomic E-state index is -0.161. The molecule has 1 fully saturated rings. The van der Waals surface area contributed by atoms with E-state index in [2.05, 4.69) is 0 Å². The summed E-state index contributed by atoms with van der Waals surface area (Å²) in [5.41, 5.74) is 0.656. The quantitative estimate of drug-likeness (QED) is 0.717. The summed E-state index contributed by atoms with van der Waals surface area (Å²) in [5.74, 6) is 0.645. The maximum Gasteiger partial charge on any atom is 0.126 e. The van der Waals surface area contributed by atoms with Gasteiger partial charge in [0.2, 0.25) is 0 Å². The van der Waals surface area contributed by atoms with Crippen LogP contribution < -0.4 is 4.74 Å². The monoisotopic (exact) mass is 208 g/mol. The van der Waals surface area contributed by atoms with Crippen molar-refractivity contribution in [1.29, 1.82) is 0 Å². The van der Waals surface area contributed by atoms with E-state index in [1.807, 2.05) is 0 Å². The van der Waals surface area contributed by atoms with E-state index in [1.54, 1.807) is 19.1 Å². The van der Waals surface area contributed by atoms with Crippen molar-refractivity contribution in [3.05, 3.63) is 29.6 Å². The molecular weight excluding hydrogens is 191 g/mol. The molecule has 0 radical (unpaired) electrons. The lowest BCUT2D eigenvalue weighted by Gasteiger charge is -2.23. The summed E-state index contributed by atoms with van der Waals surface area (Å²) in [6.07, 6.45) is 6.44. The molecule has 1 aliphatic rings. The van der Waals surface area contributed by atoms with E-state index < -0.39 is 0 Å². The molecule has 0 spiro atoms. The molecule has 82 valence electrons. The van der Waals surface area contributed by atoms with E-state index in [4.69, 9.17) is 4.74 Å². The highest BCUT2D eigenvalue weighted by molar-refractivity contribution is 5.29. The second-order valence-corrected chi connectivity index (χ2v) is 4.29. The first kappa shape index (κ1) is 10.5. The largest absolute Gasteiger partial charge is 0.490 e. The van der Waals surface area contributed by atoms with Crippen molar-refractivity contribution in [2.45, 2.75) is 45.1 Å². The average molecular weight is 208 g/mol. The Kier molecular flexibility index (Phi) is 3.24. The Morgan fingerprint density at radius 2 is 1.93 bits per heavy atom. The number of benzene rings is 1. The Morgan fingerprint density at radius 1 is 1.20 bits per heavy atom. The smallest absolute Gasteiger partial charge is 0.126 e. The van der Waals surface area contributed by atoms with Gasteiger partial charge in [-0.05, 0) is 56.4 Å². The zero-order valence-electron chi connectivity index (χ0n) is 9.13. The first-order chi connectivity index (χ1) is 7.25. The maximum atomic E-state index is 13.0. The third-order valence-corrected chi connectivity index (χ3v) is 2.98. The molecule has 1 nitrogen and oxygen atoms in total. The highest BCUT2D eigenvalue weighted by atomic mass is 19.1. The highest BCUT2D eigenvalue weighted by Crippen LogP contribution is 2.24. The summed E-state index contributed by atoms with van der Waals surface area (Å²) in [6.45, 7) is 1.77. The number of aryl methyl sites for hydroxylation is 1. The van der Waals surface area contributed by atoms with Crippen LogP contribution in [0.1, 0.15) is 37.7 Å². The van der Waals surface area contributed by atoms with Gasteiger partial charge in [0.05, 0.1) is 6.10 Å². The molecule has 0 unspecified atom stereocenters. The van der Waals surface area contributed by atoms with Crippen molar-refractivity contribution in [3.63, 3.8) is 0 Å². The third-order valence-electron chi connectivity index (χ3n) is 2.98. The van der Waals surface area contributed by atoms with Crippen LogP contribution in [0.4, 0.5) is 4.39 Å². The first-order valence-electron chi connectivity index (χ1n) is 5.68. The molecule has 1 aromatic carbocycles. The number of hydrogen-bond acceptors (Lipinski definition) is 1. The first-order valence-corrected chi connectivity index (χ1v) is 5.68. The van der Waals surface area contributed by atoms with Crippen LogP contribution in [0.2, 0.25) is 0 Å². The predicted molar refractivity (Wildman–Crippen MR) is 58.6 cm³/mol. The van der Waals surface area contributed by atoms with Gasteiger partial charge in [-0.3, -0.25) is 0 Å². The van der Waals surface area contributed by atoms with Crippen molar-refractivity contribution in [2.75, 3.05) is 0 Å². The van der Waals surface area contributed by atoms with Crippen LogP contribution in [-0.2, 0) is 0 Å². The summed E-state index contributed by atoms with van der Waals surface area (Å²) in [5, 5.41) is 0. The molecular formula is C13H17FO. The van der Waals surface area contributed by atoms with Crippen LogP contribution in [0.25, 0.3) is 0 Å². The van der Waals surface area contributed by atoms with Gasteiger partial charge in [0.15, 0.2) is 0 Å². The highest BCUT2D eigenvalue weighted by Gasteiger charge is 2.14. The molecule has 0 bridgehead atoms. The maximum absolute atomic E-state index is 13.0. The van der Waals surface area contributed by atoms with Gasteiger partial charge in [-0.25, -0.2) is 4.39 Å². The third kappa shape index (κ3) is 2.71. The molecule has 15 heavy (non-hydrogen) atoms. The lowest BCUT2D eigenvalue weighted by Crippen LogP contribution is -2.19. The average Bonchev–Trinajstić information content (AvgIpc) is 2.25. The van der Waals surface area contributed by atoms with Crippen LogP contribution in [0.3, 0.4) is 0 Å². The lowest BCUT2D eigenvalue weighted by atomic mass is 9.98. The topological polar surface area (TPSA) is 9.23 Å². The summed E-state index contributed by atoms with van der Waals surface area (Å²) in [4.78, 5) is 0. The van der Waals surface area contributed by atoms with Gasteiger partial charge in [-0.1, -0.05) is 6.42 Å². The summed E-state index contributed by atoms with van der Waals surface area (Å²) < 4.78 is 18.8. The predicted octanol–water partition coefficient (Wildman–Crippen LogP) is 3.85. The number of rotatable bonds is 2. The zero-order chi connectivity index (χ0) is 10.7. The van der Waals surface area contributed by atoms with Crippen LogP contribution >= 0.6 is 0 Å². The fourth-order valence-corrected chi connectivity index (χ4v) is 2.07. The van der Waals surface area contributed by atoms with E-state index in [0.717, 1.165) is 18.6 Å². The molecule has 1 aromatic rings. The summed E-state index contributed by atoms with van der Waals surface area (Å²) >= 11 is 0. The summed E-state index contributed by atoms with van der Waals surface area (Å²) in [7, 11) is 0. The van der Waals surface area contributed by atoms with Gasteiger partial charge in [0, 0.05) is 0 Å². The van der Waals surface area contributed by atoms with Crippen LogP contribution in [0, 0.1) is 12.7 Å². The van der Waals surface area contributed by atoms with E-state index in [9.17, 15) is 4.39 Å². The molecule has 0 atom stereocenters. The fourth-order valence-electron chi connectivity index (χ4n) is 2.07. The van der Waals surface area contributed by atoms with Crippen molar-refractivity contribution < 1.29 is 9.13 Å². The second-order valence-electron chi connectivity index (χ2n) is 4.29. The van der Waals surface area contributed by atoms with Gasteiger partial charge in [-0.2, -0.15) is 0 Å². The van der Waals surface area contributed by atoms with Crippen LogP contribution in [0.15, 0.2) is 18.2 Å². The molecule has 0 saturated heterocycles. The minimum Gasteiger partial charge on any atom is -0.490 e. The van der Waals surface area contributed by atoms with Crippen LogP contribution in [0.5, 0.6) is 5.75 Å². The van der Waals surface area contributed by atoms with E-state index in [-0.39, 0.29) is 5.82 Å². The molecule has 1 aliphatic carbocycles. The van der Waals surface area contributed by atoms with Crippen molar-refractivity contribution in [1.82, 2.24) is 0 Å². The standard InChI is InChI=1S/C13H17FO/c1-10-9-12(7-8-13(10)14)15-11-5-3-2-4-6-11/h7-9,11H,2-6H2,1H3. The molecule has 2 heteroatoms. The molecule has 0 amide bonds. The normalized spacial score (nSPS) is 17.7. The number of ether oxygens (including phenoxy) is 1. The number of halogens is 1. The Bertz CT molecular complexity index is 329. The Balaban J connectivity index is 2.00. The van der Waals surface area contributed by atoms with E-state index in [0.29, 0.717) is 11.7 Å². The molecule has 0 N–H and O–H groups in total. The van der Waals surface area contributed by atoms with Crippen molar-refractivity contribution >= 4 is 0 Å². The Morgan fingerprint density at radius 3 is 2.60 bits per heavy atom. The van der Waals surface area contributed by atoms with Crippen LogP contribution in [-0.4, -0.2) is 6.10 Å². The number of hydrogen-bond donors (Lipinski definition) is 0. The lowest BCUT2D eigenvalue weighted by molar-refractivity contribution is 0.155. The Hall–Kier alpha value is -1.05. The van der Waals surface area contributed by atoms with Crippen molar-refractivity contribution in [2.24, 2.45) is 0 Å². The van der Waals surface area contributed by atoms with Gasteiger partial charge >= 0.3 is 0 Å². The summed E-state index contributed by atoms with van der Waals surface area (Å²) in [6, 6.07) is 4.98. The van der Waals surface area contributed by atoms with Crippen molar-refractivity contribution in [3.8, 4) is 5.75 Å². The SMILES string of the molecule is Cc1cc(OC2CCCCC2)ccc1F. The Labute approximate surface area is 90.3 Å². The molecule has 0 heterocycles. The minimum absolute atomic E-state index is 0.161.